The number of hydrogen-bond donors (Lipinski definition) is 1. The fourth-order valence-corrected chi connectivity index (χ4v) is 3.31. The molecule has 0 radical (unpaired) electrons. The second-order valence-corrected chi connectivity index (χ2v) is 6.96. The van der Waals surface area contributed by atoms with Gasteiger partial charge in [-0.25, -0.2) is 8.42 Å². The van der Waals surface area contributed by atoms with Gasteiger partial charge < -0.3 is 5.73 Å². The van der Waals surface area contributed by atoms with Crippen molar-refractivity contribution in [3.8, 4) is 0 Å². The van der Waals surface area contributed by atoms with Crippen molar-refractivity contribution in [2.75, 3.05) is 12.8 Å². The van der Waals surface area contributed by atoms with E-state index in [0.717, 1.165) is 5.56 Å². The van der Waals surface area contributed by atoms with E-state index in [4.69, 9.17) is 17.3 Å². The van der Waals surface area contributed by atoms with E-state index in [2.05, 4.69) is 12.2 Å². The summed E-state index contributed by atoms with van der Waals surface area (Å²) in [5.41, 5.74) is 6.10. The highest BCUT2D eigenvalue weighted by Gasteiger charge is 2.25. The third-order valence-electron chi connectivity index (χ3n) is 2.64. The van der Waals surface area contributed by atoms with Gasteiger partial charge in [0.1, 0.15) is 5.75 Å². The van der Waals surface area contributed by atoms with Crippen LogP contribution in [-0.2, 0) is 10.0 Å². The molecule has 0 aliphatic rings. The molecule has 0 bridgehead atoms. The van der Waals surface area contributed by atoms with E-state index in [9.17, 15) is 8.42 Å². The maximum absolute atomic E-state index is 12.0. The molecule has 0 heterocycles. The lowest BCUT2D eigenvalue weighted by molar-refractivity contribution is 0.401. The molecule has 0 spiro atoms. The first kappa shape index (κ1) is 15.4. The highest BCUT2D eigenvalue weighted by atomic mass is 35.5. The molecule has 100 valence electrons. The van der Waals surface area contributed by atoms with E-state index < -0.39 is 10.0 Å². The minimum atomic E-state index is -3.50. The molecule has 18 heavy (non-hydrogen) atoms. The first-order chi connectivity index (χ1) is 8.24. The molecule has 0 saturated heterocycles. The maximum Gasteiger partial charge on any atom is 0.220 e. The summed E-state index contributed by atoms with van der Waals surface area (Å²) >= 11 is 10.5. The van der Waals surface area contributed by atoms with Crippen LogP contribution in [0.1, 0.15) is 18.5 Å². The third-order valence-corrected chi connectivity index (χ3v) is 5.07. The van der Waals surface area contributed by atoms with Crippen LogP contribution in [0.4, 0.5) is 0 Å². The van der Waals surface area contributed by atoms with Gasteiger partial charge in [-0.2, -0.15) is 4.31 Å². The summed E-state index contributed by atoms with van der Waals surface area (Å²) in [5, 5.41) is 0.569. The van der Waals surface area contributed by atoms with Crippen molar-refractivity contribution in [3.05, 3.63) is 34.9 Å². The van der Waals surface area contributed by atoms with Crippen molar-refractivity contribution in [2.24, 2.45) is 5.73 Å². The third kappa shape index (κ3) is 3.91. The van der Waals surface area contributed by atoms with E-state index in [0.29, 0.717) is 5.02 Å². The van der Waals surface area contributed by atoms with Crippen LogP contribution < -0.4 is 5.73 Å². The van der Waals surface area contributed by atoms with Gasteiger partial charge in [0.25, 0.3) is 0 Å². The molecule has 0 aromatic heterocycles. The monoisotopic (exact) mass is 306 g/mol. The van der Waals surface area contributed by atoms with E-state index in [1.807, 2.05) is 6.07 Å². The Balaban J connectivity index is 2.97. The summed E-state index contributed by atoms with van der Waals surface area (Å²) in [6.45, 7) is 1.78. The van der Waals surface area contributed by atoms with Gasteiger partial charge in [-0.05, 0) is 24.6 Å². The second-order valence-electron chi connectivity index (χ2n) is 3.97. The van der Waals surface area contributed by atoms with Gasteiger partial charge >= 0.3 is 0 Å². The van der Waals surface area contributed by atoms with Gasteiger partial charge in [0.2, 0.25) is 10.0 Å². The molecule has 1 rings (SSSR count). The molecule has 4 nitrogen and oxygen atoms in total. The molecule has 0 saturated carbocycles. The van der Waals surface area contributed by atoms with Crippen molar-refractivity contribution in [1.29, 1.82) is 0 Å². The lowest BCUT2D eigenvalue weighted by Crippen LogP contribution is -2.35. The fraction of sp³-hybridized carbons (Fsp3) is 0.364. The minimum Gasteiger partial charge on any atom is -0.392 e. The molecular weight excluding hydrogens is 292 g/mol. The standard InChI is InChI=1S/C11H15ClN2O2S2/c1-8(9-4-3-5-10(12)6-9)14(2)18(15,16)7-11(13)17/h3-6,8H,7H2,1-2H3,(H2,13,17). The first-order valence-corrected chi connectivity index (χ1v) is 7.63. The summed E-state index contributed by atoms with van der Waals surface area (Å²) in [7, 11) is -2.00. The van der Waals surface area contributed by atoms with Gasteiger partial charge in [0, 0.05) is 18.1 Å². The van der Waals surface area contributed by atoms with E-state index >= 15 is 0 Å². The molecule has 0 amide bonds. The molecule has 1 aromatic rings. The van der Waals surface area contributed by atoms with Crippen molar-refractivity contribution in [1.82, 2.24) is 4.31 Å². The van der Waals surface area contributed by atoms with Crippen LogP contribution in [0, 0.1) is 0 Å². The van der Waals surface area contributed by atoms with E-state index in [1.165, 1.54) is 11.4 Å². The fourth-order valence-electron chi connectivity index (χ4n) is 1.50. The van der Waals surface area contributed by atoms with Gasteiger partial charge in [0.05, 0.1) is 4.99 Å². The number of thiocarbonyl (C=S) groups is 1. The zero-order valence-electron chi connectivity index (χ0n) is 10.1. The highest BCUT2D eigenvalue weighted by molar-refractivity contribution is 7.92. The highest BCUT2D eigenvalue weighted by Crippen LogP contribution is 2.24. The Morgan fingerprint density at radius 1 is 1.56 bits per heavy atom. The zero-order valence-corrected chi connectivity index (χ0v) is 12.5. The molecule has 2 N–H and O–H groups in total. The Morgan fingerprint density at radius 3 is 2.67 bits per heavy atom. The average Bonchev–Trinajstić information content (AvgIpc) is 2.25. The van der Waals surface area contributed by atoms with Crippen molar-refractivity contribution >= 4 is 38.8 Å². The summed E-state index contributed by atoms with van der Waals surface area (Å²) in [6.07, 6.45) is 0. The summed E-state index contributed by atoms with van der Waals surface area (Å²) < 4.78 is 25.2. The topological polar surface area (TPSA) is 63.4 Å². The van der Waals surface area contributed by atoms with E-state index in [-0.39, 0.29) is 16.8 Å². The SMILES string of the molecule is CC(c1cccc(Cl)c1)N(C)S(=O)(=O)CC(N)=S. The first-order valence-electron chi connectivity index (χ1n) is 5.23. The van der Waals surface area contributed by atoms with Gasteiger partial charge in [0.15, 0.2) is 0 Å². The molecule has 1 aromatic carbocycles. The van der Waals surface area contributed by atoms with Crippen molar-refractivity contribution < 1.29 is 8.42 Å². The Kier molecular flexibility index (Phi) is 5.10. The molecule has 0 aliphatic heterocycles. The van der Waals surface area contributed by atoms with Crippen LogP contribution in [0.2, 0.25) is 5.02 Å². The number of nitrogens with zero attached hydrogens (tertiary/aromatic N) is 1. The van der Waals surface area contributed by atoms with Crippen LogP contribution in [-0.4, -0.2) is 30.5 Å². The van der Waals surface area contributed by atoms with Crippen LogP contribution in [0.3, 0.4) is 0 Å². The van der Waals surface area contributed by atoms with Gasteiger partial charge in [-0.15, -0.1) is 0 Å². The summed E-state index contributed by atoms with van der Waals surface area (Å²) in [4.78, 5) is -0.0415. The van der Waals surface area contributed by atoms with Crippen LogP contribution in [0.25, 0.3) is 0 Å². The molecule has 1 atom stereocenters. The van der Waals surface area contributed by atoms with Crippen molar-refractivity contribution in [2.45, 2.75) is 13.0 Å². The van der Waals surface area contributed by atoms with Gasteiger partial charge in [-0.3, -0.25) is 0 Å². The predicted molar refractivity (Wildman–Crippen MR) is 78.2 cm³/mol. The summed E-state index contributed by atoms with van der Waals surface area (Å²) in [5.74, 6) is -0.330. The van der Waals surface area contributed by atoms with Crippen LogP contribution >= 0.6 is 23.8 Å². The van der Waals surface area contributed by atoms with Crippen LogP contribution in [0.5, 0.6) is 0 Å². The smallest absolute Gasteiger partial charge is 0.220 e. The lowest BCUT2D eigenvalue weighted by atomic mass is 10.1. The number of nitrogens with two attached hydrogens (primary N) is 1. The molecule has 0 aliphatic carbocycles. The number of hydrogen-bond acceptors (Lipinski definition) is 3. The lowest BCUT2D eigenvalue weighted by Gasteiger charge is -2.24. The molecular formula is C11H15ClN2O2S2. The zero-order chi connectivity index (χ0) is 13.9. The van der Waals surface area contributed by atoms with Crippen molar-refractivity contribution in [3.63, 3.8) is 0 Å². The number of benzene rings is 1. The average molecular weight is 307 g/mol. The summed E-state index contributed by atoms with van der Waals surface area (Å²) in [6, 6.07) is 6.74. The Bertz CT molecular complexity index is 546. The molecule has 7 heteroatoms. The minimum absolute atomic E-state index is 0.0415. The molecule has 0 fully saturated rings. The molecule has 1 unspecified atom stereocenters. The van der Waals surface area contributed by atoms with Gasteiger partial charge in [-0.1, -0.05) is 36.0 Å². The Hall–Kier alpha value is -0.690. The van der Waals surface area contributed by atoms with E-state index in [1.54, 1.807) is 25.1 Å². The van der Waals surface area contributed by atoms with Crippen LogP contribution in [0.15, 0.2) is 24.3 Å². The Morgan fingerprint density at radius 2 is 2.17 bits per heavy atom. The largest absolute Gasteiger partial charge is 0.392 e. The number of sulfonamides is 1. The second kappa shape index (κ2) is 5.97. The quantitative estimate of drug-likeness (QED) is 0.845. The number of halogens is 1. The number of rotatable bonds is 5. The normalized spacial score (nSPS) is 13.6. The predicted octanol–water partition coefficient (Wildman–Crippen LogP) is 1.95. The Labute approximate surface area is 118 Å². The maximum atomic E-state index is 12.0.